The minimum atomic E-state index is -0.767. The van der Waals surface area contributed by atoms with E-state index in [4.69, 9.17) is 10.5 Å². The molecule has 2 aromatic rings. The van der Waals surface area contributed by atoms with E-state index in [2.05, 4.69) is 95.7 Å². The third-order valence-corrected chi connectivity index (χ3v) is 7.61. The van der Waals surface area contributed by atoms with E-state index in [1.54, 1.807) is 12.1 Å². The first-order chi connectivity index (χ1) is 14.7. The number of ether oxygens (including phenoxy) is 1. The van der Waals surface area contributed by atoms with Gasteiger partial charge in [-0.25, -0.2) is 0 Å². The Morgan fingerprint density at radius 2 is 1.71 bits per heavy atom. The van der Waals surface area contributed by atoms with E-state index in [1.807, 2.05) is 25.3 Å². The number of carbonyl (C=O) groups excluding carboxylic acids is 2. The Morgan fingerprint density at radius 1 is 1.13 bits per heavy atom. The zero-order valence-corrected chi connectivity index (χ0v) is 25.2. The van der Waals surface area contributed by atoms with E-state index < -0.39 is 12.1 Å². The van der Waals surface area contributed by atoms with Gasteiger partial charge in [0.1, 0.15) is 11.5 Å². The number of unbranched alkanes of at least 4 members (excludes halogenated alkanes) is 1. The van der Waals surface area contributed by atoms with E-state index in [0.29, 0.717) is 31.5 Å². The molecule has 0 bridgehead atoms. The van der Waals surface area contributed by atoms with Crippen molar-refractivity contribution in [3.63, 3.8) is 0 Å². The topological polar surface area (TPSA) is 102 Å². The summed E-state index contributed by atoms with van der Waals surface area (Å²) in [5.41, 5.74) is 6.99. The number of amides is 1. The molecule has 0 aliphatic heterocycles. The van der Waals surface area contributed by atoms with Crippen LogP contribution in [0.4, 0.5) is 0 Å². The van der Waals surface area contributed by atoms with E-state index in [-0.39, 0.29) is 11.7 Å². The molecular formula is C21H21I4N2O4. The highest BCUT2D eigenvalue weighted by atomic mass is 127. The number of phenolic OH excluding ortho intramolecular Hbond substituents is 1. The Hall–Kier alpha value is 0.0600. The maximum atomic E-state index is 12.4. The highest BCUT2D eigenvalue weighted by Crippen LogP contribution is 2.36. The summed E-state index contributed by atoms with van der Waals surface area (Å²) >= 11 is 8.51. The molecule has 0 heterocycles. The van der Waals surface area contributed by atoms with Crippen LogP contribution in [0.25, 0.3) is 0 Å². The van der Waals surface area contributed by atoms with Crippen molar-refractivity contribution in [2.75, 3.05) is 0 Å². The zero-order valence-electron chi connectivity index (χ0n) is 16.6. The van der Waals surface area contributed by atoms with Crippen molar-refractivity contribution in [2.45, 2.75) is 44.7 Å². The zero-order chi connectivity index (χ0) is 23.1. The Balaban J connectivity index is 2.11. The highest BCUT2D eigenvalue weighted by molar-refractivity contribution is 14.1. The predicted molar refractivity (Wildman–Crippen MR) is 154 cm³/mol. The van der Waals surface area contributed by atoms with Gasteiger partial charge in [0.05, 0.1) is 26.4 Å². The fourth-order valence-corrected chi connectivity index (χ4v) is 6.57. The maximum absolute atomic E-state index is 12.4. The lowest BCUT2D eigenvalue weighted by Crippen LogP contribution is -2.47. The summed E-state index contributed by atoms with van der Waals surface area (Å²) in [6.45, 7) is 2.02. The SMILES string of the molecule is CCCCC([C]=O)NC(=O)C(N)Cc1cc(I)c(Oc2cc(I)c(O)c(I)c2)c(I)c1. The second-order valence-corrected chi connectivity index (χ2v) is 11.5. The summed E-state index contributed by atoms with van der Waals surface area (Å²) in [7, 11) is 0. The van der Waals surface area contributed by atoms with Crippen LogP contribution in [0.5, 0.6) is 17.2 Å². The Bertz CT molecular complexity index is 909. The van der Waals surface area contributed by atoms with Crippen LogP contribution in [0.2, 0.25) is 0 Å². The molecule has 167 valence electrons. The molecule has 0 spiro atoms. The van der Waals surface area contributed by atoms with Crippen molar-refractivity contribution in [2.24, 2.45) is 5.73 Å². The molecule has 1 amide bonds. The number of nitrogens with one attached hydrogen (secondary N) is 1. The van der Waals surface area contributed by atoms with Crippen LogP contribution in [0.3, 0.4) is 0 Å². The summed E-state index contributed by atoms with van der Waals surface area (Å²) < 4.78 is 9.26. The average molecular weight is 873 g/mol. The van der Waals surface area contributed by atoms with Gasteiger partial charge < -0.3 is 20.9 Å². The summed E-state index contributed by atoms with van der Waals surface area (Å²) in [6, 6.07) is 6.03. The van der Waals surface area contributed by atoms with Crippen LogP contribution in [0, 0.1) is 14.3 Å². The first-order valence-corrected chi connectivity index (χ1v) is 13.7. The predicted octanol–water partition coefficient (Wildman–Crippen LogP) is 5.26. The first kappa shape index (κ1) is 27.3. The van der Waals surface area contributed by atoms with E-state index in [9.17, 15) is 14.7 Å². The van der Waals surface area contributed by atoms with Gasteiger partial charge in [-0.2, -0.15) is 0 Å². The van der Waals surface area contributed by atoms with Gasteiger partial charge in [0.25, 0.3) is 0 Å². The lowest BCUT2D eigenvalue weighted by Gasteiger charge is -2.17. The van der Waals surface area contributed by atoms with Crippen molar-refractivity contribution in [3.8, 4) is 17.2 Å². The van der Waals surface area contributed by atoms with Crippen LogP contribution in [-0.4, -0.2) is 29.4 Å². The van der Waals surface area contributed by atoms with Crippen LogP contribution < -0.4 is 15.8 Å². The minimum Gasteiger partial charge on any atom is -0.506 e. The molecule has 0 fully saturated rings. The quantitative estimate of drug-likeness (QED) is 0.284. The van der Waals surface area contributed by atoms with Gasteiger partial charge in [0.2, 0.25) is 12.2 Å². The molecule has 0 saturated heterocycles. The molecule has 6 nitrogen and oxygen atoms in total. The fourth-order valence-electron chi connectivity index (χ4n) is 2.74. The Labute approximate surface area is 236 Å². The monoisotopic (exact) mass is 873 g/mol. The van der Waals surface area contributed by atoms with Crippen molar-refractivity contribution in [1.29, 1.82) is 0 Å². The second kappa shape index (κ2) is 13.1. The van der Waals surface area contributed by atoms with Crippen LogP contribution in [0.1, 0.15) is 31.7 Å². The number of aromatic hydroxyl groups is 1. The summed E-state index contributed by atoms with van der Waals surface area (Å²) in [5, 5.41) is 12.6. The van der Waals surface area contributed by atoms with Gasteiger partial charge in [-0.05, 0) is 133 Å². The molecule has 2 rings (SSSR count). The average Bonchev–Trinajstić information content (AvgIpc) is 2.71. The molecule has 2 unspecified atom stereocenters. The molecule has 1 radical (unpaired) electrons. The normalized spacial score (nSPS) is 12.8. The van der Waals surface area contributed by atoms with Crippen LogP contribution >= 0.6 is 90.4 Å². The Kier molecular flexibility index (Phi) is 11.5. The lowest BCUT2D eigenvalue weighted by atomic mass is 10.0. The molecule has 0 aliphatic rings. The van der Waals surface area contributed by atoms with E-state index >= 15 is 0 Å². The summed E-state index contributed by atoms with van der Waals surface area (Å²) in [6.07, 6.45) is 4.56. The molecule has 0 saturated carbocycles. The van der Waals surface area contributed by atoms with E-state index in [0.717, 1.165) is 25.5 Å². The summed E-state index contributed by atoms with van der Waals surface area (Å²) in [5.74, 6) is 1.22. The number of halogens is 4. The fraction of sp³-hybridized carbons (Fsp3) is 0.333. The van der Waals surface area contributed by atoms with Gasteiger partial charge in [-0.3, -0.25) is 9.59 Å². The van der Waals surface area contributed by atoms with Crippen molar-refractivity contribution >= 4 is 103 Å². The Morgan fingerprint density at radius 3 is 2.23 bits per heavy atom. The smallest absolute Gasteiger partial charge is 0.237 e. The second-order valence-electron chi connectivity index (χ2n) is 6.86. The molecule has 10 heteroatoms. The van der Waals surface area contributed by atoms with Gasteiger partial charge in [-0.1, -0.05) is 19.8 Å². The van der Waals surface area contributed by atoms with Crippen molar-refractivity contribution < 1.29 is 19.4 Å². The molecule has 2 aromatic carbocycles. The number of benzene rings is 2. The summed E-state index contributed by atoms with van der Waals surface area (Å²) in [4.78, 5) is 23.4. The van der Waals surface area contributed by atoms with Crippen LogP contribution in [0.15, 0.2) is 24.3 Å². The molecular weight excluding hydrogens is 852 g/mol. The molecule has 2 atom stereocenters. The highest BCUT2D eigenvalue weighted by Gasteiger charge is 2.20. The molecule has 0 aliphatic carbocycles. The van der Waals surface area contributed by atoms with Gasteiger partial charge in [-0.15, -0.1) is 0 Å². The van der Waals surface area contributed by atoms with Gasteiger partial charge >= 0.3 is 0 Å². The minimum absolute atomic E-state index is 0.240. The number of hydrogen-bond donors (Lipinski definition) is 3. The number of rotatable bonds is 10. The standard InChI is InChI=1S/C21H21I4N2O4/c1-2-3-4-12(10-28)27-21(30)18(26)7-11-5-16(24)20(17(25)6-11)31-13-8-14(22)19(29)15(23)9-13/h5-6,8-9,12,18,29H,2-4,7,26H2,1H3,(H,27,30). The van der Waals surface area contributed by atoms with Crippen LogP contribution in [-0.2, 0) is 16.0 Å². The van der Waals surface area contributed by atoms with Crippen molar-refractivity contribution in [3.05, 3.63) is 44.1 Å². The maximum Gasteiger partial charge on any atom is 0.237 e. The first-order valence-electron chi connectivity index (χ1n) is 9.43. The number of carbonyl (C=O) groups is 1. The largest absolute Gasteiger partial charge is 0.506 e. The molecule has 4 N–H and O–H groups in total. The lowest BCUT2D eigenvalue weighted by molar-refractivity contribution is -0.122. The number of hydrogen-bond acceptors (Lipinski definition) is 5. The molecule has 31 heavy (non-hydrogen) atoms. The third-order valence-electron chi connectivity index (χ3n) is 4.37. The van der Waals surface area contributed by atoms with Gasteiger partial charge in [0.15, 0.2) is 5.75 Å². The number of nitrogens with two attached hydrogens (primary N) is 1. The van der Waals surface area contributed by atoms with Gasteiger partial charge in [0, 0.05) is 0 Å². The van der Waals surface area contributed by atoms with E-state index in [1.165, 1.54) is 0 Å². The van der Waals surface area contributed by atoms with Crippen molar-refractivity contribution in [1.82, 2.24) is 5.32 Å². The molecule has 0 aromatic heterocycles. The third kappa shape index (κ3) is 8.10. The number of phenols is 1.